The van der Waals surface area contributed by atoms with Gasteiger partial charge < -0.3 is 10.6 Å². The number of nitrogens with zero attached hydrogens (tertiary/aromatic N) is 1. The topological polar surface area (TPSA) is 46.3 Å². The van der Waals surface area contributed by atoms with E-state index >= 15 is 0 Å². The normalized spacial score (nSPS) is 28.0. The number of likely N-dealkylation sites (tertiary alicyclic amines) is 1. The molecule has 2 aliphatic rings. The van der Waals surface area contributed by atoms with Gasteiger partial charge in [-0.05, 0) is 44.2 Å². The molecule has 4 unspecified atom stereocenters. The molecule has 2 N–H and O–H groups in total. The number of nitrogens with two attached hydrogens (primary N) is 1. The third-order valence-corrected chi connectivity index (χ3v) is 4.99. The molecule has 3 nitrogen and oxygen atoms in total. The van der Waals surface area contributed by atoms with E-state index in [9.17, 15) is 13.6 Å². The van der Waals surface area contributed by atoms with Crippen LogP contribution in [0.3, 0.4) is 0 Å². The van der Waals surface area contributed by atoms with Crippen molar-refractivity contribution in [1.82, 2.24) is 4.90 Å². The molecule has 1 aromatic carbocycles. The van der Waals surface area contributed by atoms with Crippen LogP contribution in [0.5, 0.6) is 0 Å². The van der Waals surface area contributed by atoms with Gasteiger partial charge in [0.2, 0.25) is 5.91 Å². The summed E-state index contributed by atoms with van der Waals surface area (Å²) in [4.78, 5) is 14.4. The molecular formula is C17H23ClF2N2O. The summed E-state index contributed by atoms with van der Waals surface area (Å²) in [6.45, 7) is 3.36. The number of hydrogen-bond acceptors (Lipinski definition) is 2. The Morgan fingerprint density at radius 3 is 2.61 bits per heavy atom. The van der Waals surface area contributed by atoms with Crippen LogP contribution in [0.2, 0.25) is 0 Å². The molecule has 1 amide bonds. The van der Waals surface area contributed by atoms with Crippen molar-refractivity contribution in [2.24, 2.45) is 17.6 Å². The predicted octanol–water partition coefficient (Wildman–Crippen LogP) is 3.08. The van der Waals surface area contributed by atoms with Gasteiger partial charge in [0.25, 0.3) is 0 Å². The second-order valence-electron chi connectivity index (χ2n) is 6.63. The van der Waals surface area contributed by atoms with Gasteiger partial charge in [0, 0.05) is 36.5 Å². The van der Waals surface area contributed by atoms with E-state index in [-0.39, 0.29) is 41.8 Å². The monoisotopic (exact) mass is 344 g/mol. The van der Waals surface area contributed by atoms with Crippen molar-refractivity contribution in [2.75, 3.05) is 13.1 Å². The number of carbonyl (C=O) groups excluding carboxylic acids is 1. The van der Waals surface area contributed by atoms with Crippen molar-refractivity contribution in [3.8, 4) is 0 Å². The lowest BCUT2D eigenvalue weighted by atomic mass is 9.92. The smallest absolute Gasteiger partial charge is 0.226 e. The first kappa shape index (κ1) is 18.1. The molecule has 23 heavy (non-hydrogen) atoms. The molecular weight excluding hydrogens is 322 g/mol. The molecule has 1 aromatic rings. The Morgan fingerprint density at radius 1 is 1.35 bits per heavy atom. The summed E-state index contributed by atoms with van der Waals surface area (Å²) in [5.74, 6) is -1.35. The Morgan fingerprint density at radius 2 is 2.00 bits per heavy atom. The van der Waals surface area contributed by atoms with E-state index in [2.05, 4.69) is 0 Å². The number of halogens is 3. The Kier molecular flexibility index (Phi) is 5.63. The first-order chi connectivity index (χ1) is 10.5. The van der Waals surface area contributed by atoms with E-state index in [1.54, 1.807) is 0 Å². The Hall–Kier alpha value is -1.20. The van der Waals surface area contributed by atoms with E-state index in [1.807, 2.05) is 11.8 Å². The van der Waals surface area contributed by atoms with E-state index in [0.717, 1.165) is 19.4 Å². The van der Waals surface area contributed by atoms with Crippen LogP contribution in [0.4, 0.5) is 8.78 Å². The molecule has 1 saturated heterocycles. The molecule has 4 atom stereocenters. The van der Waals surface area contributed by atoms with Crippen LogP contribution in [-0.4, -0.2) is 29.9 Å². The van der Waals surface area contributed by atoms with Gasteiger partial charge in [-0.3, -0.25) is 4.79 Å². The summed E-state index contributed by atoms with van der Waals surface area (Å²) in [5.41, 5.74) is 6.01. The maximum atomic E-state index is 13.8. The number of piperidine rings is 1. The zero-order valence-electron chi connectivity index (χ0n) is 13.2. The second-order valence-corrected chi connectivity index (χ2v) is 6.63. The molecule has 1 saturated carbocycles. The minimum Gasteiger partial charge on any atom is -0.342 e. The van der Waals surface area contributed by atoms with Crippen molar-refractivity contribution < 1.29 is 13.6 Å². The van der Waals surface area contributed by atoms with Gasteiger partial charge in [-0.15, -0.1) is 12.4 Å². The first-order valence-electron chi connectivity index (χ1n) is 7.97. The highest BCUT2D eigenvalue weighted by molar-refractivity contribution is 5.85. The standard InChI is InChI=1S/C17H22F2N2O.ClH/c1-10(20)11-4-3-7-21(9-11)17(22)13-8-12(13)16-14(18)5-2-6-15(16)19;/h2,5-6,10-13H,3-4,7-9,20H2,1H3;1H. The van der Waals surface area contributed by atoms with Crippen LogP contribution >= 0.6 is 12.4 Å². The number of benzene rings is 1. The van der Waals surface area contributed by atoms with Crippen molar-refractivity contribution in [3.05, 3.63) is 35.4 Å². The quantitative estimate of drug-likeness (QED) is 0.916. The molecule has 0 radical (unpaired) electrons. The zero-order chi connectivity index (χ0) is 15.9. The minimum atomic E-state index is -0.549. The van der Waals surface area contributed by atoms with Crippen LogP contribution in [-0.2, 0) is 4.79 Å². The fourth-order valence-corrected chi connectivity index (χ4v) is 3.53. The molecule has 0 bridgehead atoms. The van der Waals surface area contributed by atoms with E-state index < -0.39 is 11.6 Å². The summed E-state index contributed by atoms with van der Waals surface area (Å²) in [7, 11) is 0. The Labute approximate surface area is 141 Å². The lowest BCUT2D eigenvalue weighted by Crippen LogP contribution is -2.45. The predicted molar refractivity (Wildman–Crippen MR) is 87.4 cm³/mol. The van der Waals surface area contributed by atoms with Gasteiger partial charge in [0.15, 0.2) is 0 Å². The molecule has 0 aromatic heterocycles. The summed E-state index contributed by atoms with van der Waals surface area (Å²) in [5, 5.41) is 0. The molecule has 1 heterocycles. The van der Waals surface area contributed by atoms with Gasteiger partial charge in [-0.1, -0.05) is 6.07 Å². The van der Waals surface area contributed by atoms with E-state index in [0.29, 0.717) is 18.9 Å². The van der Waals surface area contributed by atoms with Gasteiger partial charge in [0.1, 0.15) is 11.6 Å². The molecule has 3 rings (SSSR count). The maximum Gasteiger partial charge on any atom is 0.226 e. The average Bonchev–Trinajstić information content (AvgIpc) is 3.26. The number of rotatable bonds is 3. The van der Waals surface area contributed by atoms with Crippen LogP contribution in [0.1, 0.15) is 37.7 Å². The molecule has 1 aliphatic carbocycles. The number of carbonyl (C=O) groups is 1. The summed E-state index contributed by atoms with van der Waals surface area (Å²) in [6.07, 6.45) is 2.52. The fourth-order valence-electron chi connectivity index (χ4n) is 3.53. The van der Waals surface area contributed by atoms with E-state index in [1.165, 1.54) is 18.2 Å². The highest BCUT2D eigenvalue weighted by Gasteiger charge is 2.48. The summed E-state index contributed by atoms with van der Waals surface area (Å²) in [6, 6.07) is 3.93. The van der Waals surface area contributed by atoms with Crippen LogP contribution in [0, 0.1) is 23.5 Å². The molecule has 6 heteroatoms. The van der Waals surface area contributed by atoms with Gasteiger partial charge in [0.05, 0.1) is 0 Å². The van der Waals surface area contributed by atoms with Crippen molar-refractivity contribution in [1.29, 1.82) is 0 Å². The van der Waals surface area contributed by atoms with Gasteiger partial charge in [-0.25, -0.2) is 8.78 Å². The SMILES string of the molecule is CC(N)C1CCCN(C(=O)C2CC2c2c(F)cccc2F)C1.Cl. The van der Waals surface area contributed by atoms with Crippen LogP contribution in [0.15, 0.2) is 18.2 Å². The fraction of sp³-hybridized carbons (Fsp3) is 0.588. The highest BCUT2D eigenvalue weighted by Crippen LogP contribution is 2.50. The average molecular weight is 345 g/mol. The Bertz CT molecular complexity index is 561. The second kappa shape index (κ2) is 7.14. The van der Waals surface area contributed by atoms with Crippen molar-refractivity contribution in [3.63, 3.8) is 0 Å². The summed E-state index contributed by atoms with van der Waals surface area (Å²) >= 11 is 0. The van der Waals surface area contributed by atoms with Crippen molar-refractivity contribution >= 4 is 18.3 Å². The number of hydrogen-bond donors (Lipinski definition) is 1. The first-order valence-corrected chi connectivity index (χ1v) is 7.97. The Balaban J connectivity index is 0.00000192. The van der Waals surface area contributed by atoms with Gasteiger partial charge >= 0.3 is 0 Å². The van der Waals surface area contributed by atoms with Crippen molar-refractivity contribution in [2.45, 2.75) is 38.1 Å². The zero-order valence-corrected chi connectivity index (χ0v) is 14.0. The highest BCUT2D eigenvalue weighted by atomic mass is 35.5. The van der Waals surface area contributed by atoms with Gasteiger partial charge in [-0.2, -0.15) is 0 Å². The minimum absolute atomic E-state index is 0. The summed E-state index contributed by atoms with van der Waals surface area (Å²) < 4.78 is 27.6. The van der Waals surface area contributed by atoms with Crippen LogP contribution in [0.25, 0.3) is 0 Å². The molecule has 128 valence electrons. The third-order valence-electron chi connectivity index (χ3n) is 4.99. The van der Waals surface area contributed by atoms with Crippen LogP contribution < -0.4 is 5.73 Å². The number of amides is 1. The van der Waals surface area contributed by atoms with E-state index in [4.69, 9.17) is 5.73 Å². The lowest BCUT2D eigenvalue weighted by molar-refractivity contribution is -0.134. The molecule has 2 fully saturated rings. The lowest BCUT2D eigenvalue weighted by Gasteiger charge is -2.34. The third kappa shape index (κ3) is 3.66. The molecule has 0 spiro atoms. The maximum absolute atomic E-state index is 13.8. The molecule has 1 aliphatic heterocycles. The largest absolute Gasteiger partial charge is 0.342 e.